The molecule has 156 valence electrons. The summed E-state index contributed by atoms with van der Waals surface area (Å²) in [6.07, 6.45) is 0. The van der Waals surface area contributed by atoms with Crippen molar-refractivity contribution in [1.82, 2.24) is 4.57 Å². The first kappa shape index (κ1) is 19.2. The van der Waals surface area contributed by atoms with Gasteiger partial charge in [0.1, 0.15) is 0 Å². The molecule has 0 atom stereocenters. The first-order valence-corrected chi connectivity index (χ1v) is 11.1. The maximum absolute atomic E-state index is 6.44. The number of nitrogens with zero attached hydrogens (tertiary/aromatic N) is 1. The number of hydrogen-bond acceptors (Lipinski definition) is 2. The molecule has 0 unspecified atom stereocenters. The van der Waals surface area contributed by atoms with Crippen LogP contribution in [0.25, 0.3) is 27.5 Å². The molecule has 4 aromatic rings. The molecule has 0 N–H and O–H groups in total. The molecule has 1 saturated heterocycles. The number of hydrogen-bond donors (Lipinski definition) is 0. The Morgan fingerprint density at radius 2 is 1.35 bits per heavy atom. The molecule has 0 spiro atoms. The summed E-state index contributed by atoms with van der Waals surface area (Å²) in [6.45, 7) is 13.1. The van der Waals surface area contributed by atoms with E-state index in [9.17, 15) is 0 Å². The third kappa shape index (κ3) is 2.38. The van der Waals surface area contributed by atoms with Crippen molar-refractivity contribution in [3.05, 3.63) is 71.8 Å². The summed E-state index contributed by atoms with van der Waals surface area (Å²) >= 11 is 0. The molecule has 2 aliphatic rings. The predicted molar refractivity (Wildman–Crippen MR) is 129 cm³/mol. The van der Waals surface area contributed by atoms with E-state index in [0.29, 0.717) is 0 Å². The zero-order valence-electron chi connectivity index (χ0n) is 19.1. The van der Waals surface area contributed by atoms with Crippen LogP contribution in [0.1, 0.15) is 52.7 Å². The standard InChI is InChI=1S/C27H28BNO2/c1-25(2)20-12-8-10-14-23(20)29-22-13-9-7-11-18(22)19-15-17(16-21(25)24(19)29)28-30-26(3,4)27(5,6)31-28/h7-16H,1-6H3. The van der Waals surface area contributed by atoms with Crippen molar-refractivity contribution < 1.29 is 9.31 Å². The Morgan fingerprint density at radius 1 is 0.710 bits per heavy atom. The Morgan fingerprint density at radius 3 is 2.10 bits per heavy atom. The van der Waals surface area contributed by atoms with Gasteiger partial charge < -0.3 is 13.9 Å². The number of rotatable bonds is 1. The third-order valence-corrected chi connectivity index (χ3v) is 7.81. The van der Waals surface area contributed by atoms with E-state index in [-0.39, 0.29) is 23.7 Å². The second-order valence-electron chi connectivity index (χ2n) is 10.5. The Labute approximate surface area is 184 Å². The van der Waals surface area contributed by atoms with Crippen molar-refractivity contribution in [3.63, 3.8) is 0 Å². The molecule has 0 amide bonds. The topological polar surface area (TPSA) is 23.4 Å². The smallest absolute Gasteiger partial charge is 0.399 e. The Balaban J connectivity index is 1.71. The number of aromatic nitrogens is 1. The quantitative estimate of drug-likeness (QED) is 0.375. The molecular formula is C27H28BNO2. The van der Waals surface area contributed by atoms with Crippen molar-refractivity contribution in [2.24, 2.45) is 0 Å². The molecule has 31 heavy (non-hydrogen) atoms. The van der Waals surface area contributed by atoms with Gasteiger partial charge >= 0.3 is 7.12 Å². The van der Waals surface area contributed by atoms with Gasteiger partial charge in [-0.1, -0.05) is 62.4 Å². The van der Waals surface area contributed by atoms with Crippen LogP contribution < -0.4 is 5.46 Å². The van der Waals surface area contributed by atoms with E-state index < -0.39 is 0 Å². The highest BCUT2D eigenvalue weighted by Gasteiger charge is 2.52. The summed E-state index contributed by atoms with van der Waals surface area (Å²) < 4.78 is 15.3. The molecule has 2 aliphatic heterocycles. The molecule has 3 nitrogen and oxygen atoms in total. The van der Waals surface area contributed by atoms with E-state index in [1.54, 1.807) is 0 Å². The van der Waals surface area contributed by atoms with Crippen molar-refractivity contribution in [3.8, 4) is 5.69 Å². The van der Waals surface area contributed by atoms with Crippen molar-refractivity contribution in [2.75, 3.05) is 0 Å². The summed E-state index contributed by atoms with van der Waals surface area (Å²) in [7, 11) is -0.374. The molecule has 1 fully saturated rings. The zero-order valence-corrected chi connectivity index (χ0v) is 19.1. The van der Waals surface area contributed by atoms with Crippen molar-refractivity contribution >= 4 is 34.4 Å². The van der Waals surface area contributed by atoms with Gasteiger partial charge in [0.25, 0.3) is 0 Å². The van der Waals surface area contributed by atoms with Crippen molar-refractivity contribution in [2.45, 2.75) is 58.2 Å². The fraction of sp³-hybridized carbons (Fsp3) is 0.333. The minimum Gasteiger partial charge on any atom is -0.399 e. The Bertz CT molecular complexity index is 1360. The van der Waals surface area contributed by atoms with Gasteiger partial charge in [-0.2, -0.15) is 0 Å². The average Bonchev–Trinajstić information content (AvgIpc) is 3.17. The predicted octanol–water partition coefficient (Wildman–Crippen LogP) is 5.72. The molecule has 0 radical (unpaired) electrons. The zero-order chi connectivity index (χ0) is 21.8. The molecular weight excluding hydrogens is 381 g/mol. The van der Waals surface area contributed by atoms with Crippen LogP contribution in [0.15, 0.2) is 60.7 Å². The monoisotopic (exact) mass is 409 g/mol. The lowest BCUT2D eigenvalue weighted by Gasteiger charge is -2.35. The molecule has 4 heteroatoms. The normalized spacial score (nSPS) is 20.4. The molecule has 6 rings (SSSR count). The summed E-state index contributed by atoms with van der Waals surface area (Å²) in [5.41, 5.74) is 6.73. The minimum atomic E-state index is -0.374. The molecule has 0 aliphatic carbocycles. The van der Waals surface area contributed by atoms with Gasteiger partial charge in [0.2, 0.25) is 0 Å². The Hall–Kier alpha value is -2.56. The van der Waals surface area contributed by atoms with Gasteiger partial charge in [-0.05, 0) is 56.4 Å². The molecule has 0 bridgehead atoms. The van der Waals surface area contributed by atoms with E-state index in [4.69, 9.17) is 9.31 Å². The van der Waals surface area contributed by atoms with Crippen LogP contribution in [-0.4, -0.2) is 22.9 Å². The first-order chi connectivity index (χ1) is 14.6. The maximum Gasteiger partial charge on any atom is 0.494 e. The summed E-state index contributed by atoms with van der Waals surface area (Å²) in [5, 5.41) is 2.53. The van der Waals surface area contributed by atoms with Crippen LogP contribution >= 0.6 is 0 Å². The van der Waals surface area contributed by atoms with Crippen LogP contribution in [0, 0.1) is 0 Å². The highest BCUT2D eigenvalue weighted by Crippen LogP contribution is 2.47. The largest absolute Gasteiger partial charge is 0.494 e. The van der Waals surface area contributed by atoms with Crippen LogP contribution in [0.3, 0.4) is 0 Å². The van der Waals surface area contributed by atoms with Crippen LogP contribution in [0.5, 0.6) is 0 Å². The highest BCUT2D eigenvalue weighted by atomic mass is 16.7. The lowest BCUT2D eigenvalue weighted by Crippen LogP contribution is -2.41. The maximum atomic E-state index is 6.44. The van der Waals surface area contributed by atoms with E-state index in [0.717, 1.165) is 5.46 Å². The lowest BCUT2D eigenvalue weighted by molar-refractivity contribution is 0.00578. The minimum absolute atomic E-state index is 0.126. The van der Waals surface area contributed by atoms with Crippen LogP contribution in [0.2, 0.25) is 0 Å². The summed E-state index contributed by atoms with van der Waals surface area (Å²) in [6, 6.07) is 22.1. The summed E-state index contributed by atoms with van der Waals surface area (Å²) in [4.78, 5) is 0. The highest BCUT2D eigenvalue weighted by molar-refractivity contribution is 6.62. The Kier molecular flexibility index (Phi) is 3.59. The number of fused-ring (bicyclic) bond motifs is 5. The second-order valence-corrected chi connectivity index (χ2v) is 10.5. The van der Waals surface area contributed by atoms with Gasteiger partial charge in [-0.15, -0.1) is 0 Å². The molecule has 0 saturated carbocycles. The SMILES string of the molecule is CC1(C)c2ccccc2-n2c3ccccc3c3cc(B4OC(C)(C)C(C)(C)O4)cc1c32. The third-order valence-electron chi connectivity index (χ3n) is 7.81. The van der Waals surface area contributed by atoms with Crippen LogP contribution in [0.4, 0.5) is 0 Å². The van der Waals surface area contributed by atoms with E-state index in [1.807, 2.05) is 0 Å². The molecule has 1 aromatic heterocycles. The van der Waals surface area contributed by atoms with Gasteiger partial charge in [0.05, 0.1) is 27.9 Å². The first-order valence-electron chi connectivity index (χ1n) is 11.1. The molecule has 3 aromatic carbocycles. The lowest BCUT2D eigenvalue weighted by atomic mass is 9.70. The van der Waals surface area contributed by atoms with Gasteiger partial charge in [-0.25, -0.2) is 0 Å². The molecule has 3 heterocycles. The van der Waals surface area contributed by atoms with Crippen molar-refractivity contribution in [1.29, 1.82) is 0 Å². The number of para-hydroxylation sites is 2. The van der Waals surface area contributed by atoms with Gasteiger partial charge in [-0.3, -0.25) is 0 Å². The second kappa shape index (κ2) is 5.82. The van der Waals surface area contributed by atoms with Gasteiger partial charge in [0.15, 0.2) is 0 Å². The van der Waals surface area contributed by atoms with Gasteiger partial charge in [0, 0.05) is 16.2 Å². The van der Waals surface area contributed by atoms with E-state index >= 15 is 0 Å². The number of benzene rings is 3. The fourth-order valence-electron chi connectivity index (χ4n) is 5.30. The summed E-state index contributed by atoms with van der Waals surface area (Å²) in [5.74, 6) is 0. The fourth-order valence-corrected chi connectivity index (χ4v) is 5.30. The van der Waals surface area contributed by atoms with E-state index in [1.165, 1.54) is 38.6 Å². The van der Waals surface area contributed by atoms with E-state index in [2.05, 4.69) is 107 Å². The van der Waals surface area contributed by atoms with Crippen LogP contribution in [-0.2, 0) is 14.7 Å². The average molecular weight is 409 g/mol.